The van der Waals surface area contributed by atoms with Crippen molar-refractivity contribution < 1.29 is 0 Å². The van der Waals surface area contributed by atoms with E-state index in [-0.39, 0.29) is 5.56 Å². The van der Waals surface area contributed by atoms with Crippen LogP contribution in [0.5, 0.6) is 0 Å². The number of hydrogen-bond donors (Lipinski definition) is 0. The summed E-state index contributed by atoms with van der Waals surface area (Å²) in [4.78, 5) is 33.4. The maximum Gasteiger partial charge on any atom is 0.266 e. The van der Waals surface area contributed by atoms with Gasteiger partial charge in [0.2, 0.25) is 0 Å². The highest BCUT2D eigenvalue weighted by molar-refractivity contribution is 5.81. The summed E-state index contributed by atoms with van der Waals surface area (Å²) < 4.78 is 1.67. The molecule has 0 fully saturated rings. The number of hydrogen-bond acceptors (Lipinski definition) is 5. The molecule has 194 valence electrons. The monoisotopic (exact) mass is 529 g/mol. The summed E-state index contributed by atoms with van der Waals surface area (Å²) in [5.74, 6) is 2.24. The Hall–Kier alpha value is -5.75. The van der Waals surface area contributed by atoms with E-state index < -0.39 is 0 Å². The highest BCUT2D eigenvalue weighted by Crippen LogP contribution is 2.27. The molecule has 0 saturated heterocycles. The van der Waals surface area contributed by atoms with Crippen molar-refractivity contribution in [3.63, 3.8) is 0 Å². The van der Waals surface area contributed by atoms with Crippen LogP contribution in [0.2, 0.25) is 0 Å². The number of aromatic nitrogens is 5. The molecule has 6 heteroatoms. The molecular weight excluding hydrogens is 506 g/mol. The standard InChI is InChI=1S/C35H23N5O/c41-35-29-21-10-11-22-30(29)36-34(26-17-8-3-9-18-26)40(35)28-20-12-19-27(23-28)33-38-31(24-13-4-1-5-14-24)37-32(39-33)25-15-6-2-7-16-25/h1-23H. The quantitative estimate of drug-likeness (QED) is 0.235. The van der Waals surface area contributed by atoms with Crippen LogP contribution in [0.1, 0.15) is 0 Å². The van der Waals surface area contributed by atoms with E-state index in [1.165, 1.54) is 0 Å². The molecule has 0 aliphatic rings. The summed E-state index contributed by atoms with van der Waals surface area (Å²) in [6.07, 6.45) is 0. The van der Waals surface area contributed by atoms with Gasteiger partial charge in [-0.25, -0.2) is 19.9 Å². The van der Waals surface area contributed by atoms with E-state index in [1.54, 1.807) is 4.57 Å². The molecule has 0 bridgehead atoms. The molecule has 0 atom stereocenters. The number of nitrogens with zero attached hydrogens (tertiary/aromatic N) is 5. The van der Waals surface area contributed by atoms with Crippen molar-refractivity contribution in [3.8, 4) is 51.2 Å². The molecule has 0 aliphatic heterocycles. The summed E-state index contributed by atoms with van der Waals surface area (Å²) in [5.41, 5.74) is 4.58. The first-order chi connectivity index (χ1) is 20.2. The smallest absolute Gasteiger partial charge is 0.266 e. The zero-order chi connectivity index (χ0) is 27.6. The average Bonchev–Trinajstić information content (AvgIpc) is 3.06. The van der Waals surface area contributed by atoms with Crippen LogP contribution in [-0.4, -0.2) is 24.5 Å². The van der Waals surface area contributed by atoms with Crippen molar-refractivity contribution in [2.75, 3.05) is 0 Å². The lowest BCUT2D eigenvalue weighted by Crippen LogP contribution is -2.22. The molecule has 0 spiro atoms. The van der Waals surface area contributed by atoms with Crippen LogP contribution < -0.4 is 5.56 Å². The molecule has 0 aliphatic carbocycles. The lowest BCUT2D eigenvalue weighted by Gasteiger charge is -2.15. The summed E-state index contributed by atoms with van der Waals surface area (Å²) >= 11 is 0. The van der Waals surface area contributed by atoms with E-state index in [4.69, 9.17) is 19.9 Å². The number of fused-ring (bicyclic) bond motifs is 1. The van der Waals surface area contributed by atoms with Gasteiger partial charge < -0.3 is 0 Å². The fourth-order valence-electron chi connectivity index (χ4n) is 4.87. The van der Waals surface area contributed by atoms with Crippen molar-refractivity contribution in [2.24, 2.45) is 0 Å². The van der Waals surface area contributed by atoms with E-state index in [2.05, 4.69) is 0 Å². The van der Waals surface area contributed by atoms with Crippen molar-refractivity contribution in [1.82, 2.24) is 24.5 Å². The van der Waals surface area contributed by atoms with Crippen LogP contribution in [-0.2, 0) is 0 Å². The second kappa shape index (κ2) is 10.4. The minimum atomic E-state index is -0.141. The van der Waals surface area contributed by atoms with Crippen molar-refractivity contribution in [2.45, 2.75) is 0 Å². The third-order valence-electron chi connectivity index (χ3n) is 6.87. The van der Waals surface area contributed by atoms with Gasteiger partial charge in [-0.3, -0.25) is 9.36 Å². The maximum atomic E-state index is 13.9. The molecule has 7 rings (SSSR count). The highest BCUT2D eigenvalue weighted by atomic mass is 16.1. The number of benzene rings is 5. The van der Waals surface area contributed by atoms with Gasteiger partial charge in [0.25, 0.3) is 5.56 Å². The molecule has 6 nitrogen and oxygen atoms in total. The highest BCUT2D eigenvalue weighted by Gasteiger charge is 2.17. The second-order valence-electron chi connectivity index (χ2n) is 9.55. The lowest BCUT2D eigenvalue weighted by molar-refractivity contribution is 0.975. The molecule has 0 unspecified atom stereocenters. The normalized spacial score (nSPS) is 11.0. The molecule has 41 heavy (non-hydrogen) atoms. The Morgan fingerprint density at radius 1 is 0.439 bits per heavy atom. The fourth-order valence-corrected chi connectivity index (χ4v) is 4.87. The zero-order valence-corrected chi connectivity index (χ0v) is 21.9. The van der Waals surface area contributed by atoms with E-state index in [0.717, 1.165) is 22.3 Å². The molecule has 0 saturated carbocycles. The third-order valence-corrected chi connectivity index (χ3v) is 6.87. The Kier molecular flexibility index (Phi) is 6.18. The molecule has 7 aromatic rings. The minimum absolute atomic E-state index is 0.141. The van der Waals surface area contributed by atoms with Crippen LogP contribution >= 0.6 is 0 Å². The van der Waals surface area contributed by atoms with Crippen LogP contribution in [0, 0.1) is 0 Å². The predicted molar refractivity (Wildman–Crippen MR) is 162 cm³/mol. The Labute approximate surface area is 236 Å². The van der Waals surface area contributed by atoms with Crippen LogP contribution in [0.4, 0.5) is 0 Å². The first-order valence-corrected chi connectivity index (χ1v) is 13.3. The number of rotatable bonds is 5. The molecule has 0 radical (unpaired) electrons. The molecular formula is C35H23N5O. The molecule has 0 N–H and O–H groups in total. The van der Waals surface area contributed by atoms with E-state index in [1.807, 2.05) is 140 Å². The van der Waals surface area contributed by atoms with E-state index in [0.29, 0.717) is 39.9 Å². The lowest BCUT2D eigenvalue weighted by atomic mass is 10.1. The zero-order valence-electron chi connectivity index (χ0n) is 21.9. The summed E-state index contributed by atoms with van der Waals surface area (Å²) in [6, 6.07) is 44.6. The largest absolute Gasteiger partial charge is 0.268 e. The van der Waals surface area contributed by atoms with Gasteiger partial charge in [0.15, 0.2) is 17.5 Å². The molecule has 5 aromatic carbocycles. The summed E-state index contributed by atoms with van der Waals surface area (Å²) in [7, 11) is 0. The third kappa shape index (κ3) is 4.68. The van der Waals surface area contributed by atoms with Crippen LogP contribution in [0.25, 0.3) is 62.1 Å². The molecule has 0 amide bonds. The molecule has 2 aromatic heterocycles. The first-order valence-electron chi connectivity index (χ1n) is 13.3. The predicted octanol–water partition coefficient (Wildman–Crippen LogP) is 7.24. The Morgan fingerprint density at radius 3 is 1.54 bits per heavy atom. The van der Waals surface area contributed by atoms with Crippen LogP contribution in [0.3, 0.4) is 0 Å². The van der Waals surface area contributed by atoms with Crippen LogP contribution in [0.15, 0.2) is 144 Å². The fraction of sp³-hybridized carbons (Fsp3) is 0. The maximum absolute atomic E-state index is 13.9. The van der Waals surface area contributed by atoms with Gasteiger partial charge in [0, 0.05) is 22.3 Å². The van der Waals surface area contributed by atoms with Crippen molar-refractivity contribution in [1.29, 1.82) is 0 Å². The second-order valence-corrected chi connectivity index (χ2v) is 9.55. The Bertz CT molecular complexity index is 2000. The SMILES string of the molecule is O=c1c2ccccc2nc(-c2ccccc2)n1-c1cccc(-c2nc(-c3ccccc3)nc(-c3ccccc3)n2)c1. The number of para-hydroxylation sites is 1. The van der Waals surface area contributed by atoms with Crippen molar-refractivity contribution in [3.05, 3.63) is 150 Å². The topological polar surface area (TPSA) is 73.6 Å². The van der Waals surface area contributed by atoms with Gasteiger partial charge >= 0.3 is 0 Å². The van der Waals surface area contributed by atoms with Gasteiger partial charge in [0.1, 0.15) is 5.82 Å². The van der Waals surface area contributed by atoms with Gasteiger partial charge in [0.05, 0.1) is 16.6 Å². The van der Waals surface area contributed by atoms with Gasteiger partial charge in [-0.15, -0.1) is 0 Å². The van der Waals surface area contributed by atoms with Gasteiger partial charge in [-0.1, -0.05) is 115 Å². The Balaban J connectivity index is 1.44. The Morgan fingerprint density at radius 2 is 0.927 bits per heavy atom. The van der Waals surface area contributed by atoms with Gasteiger partial charge in [-0.2, -0.15) is 0 Å². The molecule has 2 heterocycles. The van der Waals surface area contributed by atoms with E-state index >= 15 is 0 Å². The van der Waals surface area contributed by atoms with Crippen molar-refractivity contribution >= 4 is 10.9 Å². The van der Waals surface area contributed by atoms with Gasteiger partial charge in [-0.05, 0) is 24.3 Å². The summed E-state index contributed by atoms with van der Waals surface area (Å²) in [5, 5.41) is 0.551. The minimum Gasteiger partial charge on any atom is -0.268 e. The summed E-state index contributed by atoms with van der Waals surface area (Å²) in [6.45, 7) is 0. The van der Waals surface area contributed by atoms with E-state index in [9.17, 15) is 4.79 Å². The average molecular weight is 530 g/mol. The first kappa shape index (κ1) is 24.3.